The monoisotopic (exact) mass is 660 g/mol. The number of alkyl halides is 6. The molecule has 0 aliphatic carbocycles. The maximum Gasteiger partial charge on any atom is 0.573 e. The summed E-state index contributed by atoms with van der Waals surface area (Å²) in [7, 11) is 1.11. The molecule has 17 heteroatoms. The van der Waals surface area contributed by atoms with Crippen molar-refractivity contribution < 1.29 is 54.5 Å². The predicted molar refractivity (Wildman–Crippen MR) is 148 cm³/mol. The zero-order valence-corrected chi connectivity index (χ0v) is 24.3. The Balaban J connectivity index is 1.49. The van der Waals surface area contributed by atoms with E-state index in [9.17, 15) is 40.7 Å². The van der Waals surface area contributed by atoms with Gasteiger partial charge < -0.3 is 34.3 Å². The first kappa shape index (κ1) is 32.7. The molecule has 3 heterocycles. The van der Waals surface area contributed by atoms with Crippen molar-refractivity contribution in [2.45, 2.75) is 51.0 Å². The number of fused-ring (bicyclic) bond motifs is 1. The number of halogens is 7. The SMILES string of the molecule is COc1c(N2CCC3(CC2)CNC(=O)O3)c(F)cc2c(=O)c(C(=O)NCc3ccc(OC(F)(F)F)cc3C)cn(CC(F)(F)F)c12. The minimum absolute atomic E-state index is 0.153. The fourth-order valence-electron chi connectivity index (χ4n) is 5.71. The lowest BCUT2D eigenvalue weighted by molar-refractivity contribution is -0.274. The first-order chi connectivity index (χ1) is 21.5. The lowest BCUT2D eigenvalue weighted by Gasteiger charge is -2.39. The quantitative estimate of drug-likeness (QED) is 0.346. The molecule has 2 aliphatic rings. The topological polar surface area (TPSA) is 111 Å². The third-order valence-corrected chi connectivity index (χ3v) is 7.88. The fourth-order valence-corrected chi connectivity index (χ4v) is 5.71. The summed E-state index contributed by atoms with van der Waals surface area (Å²) in [5.41, 5.74) is -2.54. The lowest BCUT2D eigenvalue weighted by Crippen LogP contribution is -2.47. The van der Waals surface area contributed by atoms with E-state index >= 15 is 4.39 Å². The van der Waals surface area contributed by atoms with Crippen LogP contribution in [0.15, 0.2) is 35.3 Å². The predicted octanol–water partition coefficient (Wildman–Crippen LogP) is 4.93. The molecule has 0 bridgehead atoms. The minimum Gasteiger partial charge on any atom is -0.492 e. The number of aromatic nitrogens is 1. The second-order valence-electron chi connectivity index (χ2n) is 11.0. The Morgan fingerprint density at radius 2 is 1.80 bits per heavy atom. The maximum absolute atomic E-state index is 15.7. The van der Waals surface area contributed by atoms with Crippen LogP contribution >= 0.6 is 0 Å². The molecule has 2 fully saturated rings. The van der Waals surface area contributed by atoms with Gasteiger partial charge in [-0.25, -0.2) is 9.18 Å². The molecule has 248 valence electrons. The van der Waals surface area contributed by atoms with Gasteiger partial charge in [0, 0.05) is 38.7 Å². The van der Waals surface area contributed by atoms with Crippen LogP contribution in [-0.2, 0) is 17.8 Å². The van der Waals surface area contributed by atoms with Crippen molar-refractivity contribution in [1.29, 1.82) is 0 Å². The highest BCUT2D eigenvalue weighted by Crippen LogP contribution is 2.41. The average molecular weight is 661 g/mol. The van der Waals surface area contributed by atoms with Crippen molar-refractivity contribution in [3.8, 4) is 11.5 Å². The van der Waals surface area contributed by atoms with Crippen molar-refractivity contribution in [3.05, 3.63) is 63.2 Å². The molecule has 3 aromatic rings. The number of amides is 2. The van der Waals surface area contributed by atoms with Crippen LogP contribution in [0.3, 0.4) is 0 Å². The zero-order valence-electron chi connectivity index (χ0n) is 24.3. The number of hydrogen-bond donors (Lipinski definition) is 2. The summed E-state index contributed by atoms with van der Waals surface area (Å²) < 4.78 is 110. The summed E-state index contributed by atoms with van der Waals surface area (Å²) in [4.78, 5) is 39.7. The molecule has 1 aromatic heterocycles. The Morgan fingerprint density at radius 3 is 2.37 bits per heavy atom. The Hall–Kier alpha value is -4.70. The third kappa shape index (κ3) is 6.77. The number of anilines is 1. The highest BCUT2D eigenvalue weighted by Gasteiger charge is 2.44. The van der Waals surface area contributed by atoms with E-state index in [-0.39, 0.29) is 43.1 Å². The summed E-state index contributed by atoms with van der Waals surface area (Å²) >= 11 is 0. The smallest absolute Gasteiger partial charge is 0.492 e. The van der Waals surface area contributed by atoms with Crippen molar-refractivity contribution in [2.24, 2.45) is 0 Å². The number of nitrogens with zero attached hydrogens (tertiary/aromatic N) is 2. The van der Waals surface area contributed by atoms with Crippen LogP contribution in [-0.4, -0.2) is 61.5 Å². The summed E-state index contributed by atoms with van der Waals surface area (Å²) in [5, 5.41) is 4.42. The normalized spacial score (nSPS) is 16.4. The molecule has 0 saturated carbocycles. The van der Waals surface area contributed by atoms with Gasteiger partial charge >= 0.3 is 18.6 Å². The van der Waals surface area contributed by atoms with Crippen LogP contribution in [0.25, 0.3) is 10.9 Å². The molecule has 2 amide bonds. The Kier molecular flexibility index (Phi) is 8.46. The summed E-state index contributed by atoms with van der Waals surface area (Å²) in [6, 6.07) is 4.09. The van der Waals surface area contributed by atoms with E-state index in [1.165, 1.54) is 17.9 Å². The van der Waals surface area contributed by atoms with Gasteiger partial charge in [-0.05, 0) is 36.2 Å². The van der Waals surface area contributed by atoms with Gasteiger partial charge in [-0.2, -0.15) is 13.2 Å². The summed E-state index contributed by atoms with van der Waals surface area (Å²) in [5.74, 6) is -2.92. The molecular formula is C29H27F7N4O6. The molecule has 0 atom stereocenters. The van der Waals surface area contributed by atoms with E-state index in [0.717, 1.165) is 25.3 Å². The van der Waals surface area contributed by atoms with Crippen LogP contribution in [0.2, 0.25) is 0 Å². The Bertz CT molecular complexity index is 1750. The zero-order chi connectivity index (χ0) is 33.6. The molecule has 2 aliphatic heterocycles. The Morgan fingerprint density at radius 1 is 1.11 bits per heavy atom. The molecule has 0 unspecified atom stereocenters. The fraction of sp³-hybridized carbons (Fsp3) is 0.414. The molecule has 5 rings (SSSR count). The van der Waals surface area contributed by atoms with Gasteiger partial charge in [-0.1, -0.05) is 6.07 Å². The second-order valence-corrected chi connectivity index (χ2v) is 11.0. The largest absolute Gasteiger partial charge is 0.573 e. The van der Waals surface area contributed by atoms with Gasteiger partial charge in [0.2, 0.25) is 5.43 Å². The number of nitrogens with one attached hydrogen (secondary N) is 2. The van der Waals surface area contributed by atoms with Gasteiger partial charge in [0.1, 0.15) is 29.1 Å². The van der Waals surface area contributed by atoms with E-state index in [0.29, 0.717) is 34.7 Å². The van der Waals surface area contributed by atoms with E-state index in [1.807, 2.05) is 0 Å². The number of hydrogen-bond acceptors (Lipinski definition) is 7. The number of alkyl carbamates (subject to hydrolysis) is 1. The van der Waals surface area contributed by atoms with Crippen molar-refractivity contribution in [3.63, 3.8) is 0 Å². The molecule has 10 nitrogen and oxygen atoms in total. The number of carbonyl (C=O) groups is 2. The highest BCUT2D eigenvalue weighted by atomic mass is 19.4. The van der Waals surface area contributed by atoms with Gasteiger partial charge in [0.15, 0.2) is 11.6 Å². The lowest BCUT2D eigenvalue weighted by atomic mass is 9.91. The molecular weight excluding hydrogens is 633 g/mol. The number of pyridine rings is 1. The van der Waals surface area contributed by atoms with E-state index < -0.39 is 64.6 Å². The number of aryl methyl sites for hydroxylation is 1. The number of benzene rings is 2. The molecule has 2 saturated heterocycles. The van der Waals surface area contributed by atoms with Crippen LogP contribution in [0.5, 0.6) is 11.5 Å². The van der Waals surface area contributed by atoms with Gasteiger partial charge in [0.25, 0.3) is 5.91 Å². The highest BCUT2D eigenvalue weighted by molar-refractivity contribution is 5.99. The van der Waals surface area contributed by atoms with Gasteiger partial charge in [-0.15, -0.1) is 13.2 Å². The molecule has 2 N–H and O–H groups in total. The van der Waals surface area contributed by atoms with Crippen LogP contribution in [0.1, 0.15) is 34.3 Å². The summed E-state index contributed by atoms with van der Waals surface area (Å²) in [6.45, 7) is 0.0515. The van der Waals surface area contributed by atoms with E-state index in [4.69, 9.17) is 9.47 Å². The first-order valence-electron chi connectivity index (χ1n) is 13.8. The summed E-state index contributed by atoms with van der Waals surface area (Å²) in [6.07, 6.45) is -9.04. The number of rotatable bonds is 7. The van der Waals surface area contributed by atoms with Crippen molar-refractivity contribution >= 4 is 28.6 Å². The number of methoxy groups -OCH3 is 1. The van der Waals surface area contributed by atoms with Gasteiger partial charge in [0.05, 0.1) is 24.6 Å². The van der Waals surface area contributed by atoms with Crippen LogP contribution in [0, 0.1) is 12.7 Å². The molecule has 46 heavy (non-hydrogen) atoms. The number of piperidine rings is 1. The maximum atomic E-state index is 15.7. The molecule has 2 aromatic carbocycles. The average Bonchev–Trinajstić information content (AvgIpc) is 3.31. The Labute approximate surface area is 256 Å². The third-order valence-electron chi connectivity index (χ3n) is 7.88. The van der Waals surface area contributed by atoms with E-state index in [2.05, 4.69) is 15.4 Å². The molecule has 0 radical (unpaired) electrons. The second kappa shape index (κ2) is 11.9. The molecule has 1 spiro atoms. The first-order valence-corrected chi connectivity index (χ1v) is 13.8. The number of ether oxygens (including phenoxy) is 3. The van der Waals surface area contributed by atoms with Crippen molar-refractivity contribution in [2.75, 3.05) is 31.6 Å². The van der Waals surface area contributed by atoms with Crippen molar-refractivity contribution in [1.82, 2.24) is 15.2 Å². The standard InChI is InChI=1S/C29H27F7N4O6/c1-15-9-17(45-29(34,35)36)4-3-16(15)11-37-25(42)19-12-40(14-28(31,32)33)21-18(23(19)41)10-20(30)22(24(21)44-2)39-7-5-27(6-8-39)13-38-26(43)46-27/h3-4,9-10,12H,5-8,11,13-14H2,1-2H3,(H,37,42)(H,38,43). The van der Waals surface area contributed by atoms with Crippen LogP contribution < -0.4 is 30.4 Å². The minimum atomic E-state index is -4.92. The van der Waals surface area contributed by atoms with Gasteiger partial charge in [-0.3, -0.25) is 9.59 Å². The van der Waals surface area contributed by atoms with E-state index in [1.54, 1.807) is 0 Å². The van der Waals surface area contributed by atoms with Crippen LogP contribution in [0.4, 0.5) is 41.2 Å². The number of carbonyl (C=O) groups excluding carboxylic acids is 2.